The molecule has 4 rings (SSSR count). The smallest absolute Gasteiger partial charge is 0.0111 e. The molecule has 2 unspecified atom stereocenters. The Bertz CT molecular complexity index is 283. The van der Waals surface area contributed by atoms with E-state index in [1.54, 1.807) is 0 Å². The van der Waals surface area contributed by atoms with E-state index < -0.39 is 0 Å². The summed E-state index contributed by atoms with van der Waals surface area (Å²) in [7, 11) is 0. The Kier molecular flexibility index (Phi) is 3.12. The zero-order valence-corrected chi connectivity index (χ0v) is 11.6. The highest BCUT2D eigenvalue weighted by Crippen LogP contribution is 2.48. The zero-order valence-electron chi connectivity index (χ0n) is 11.6. The Morgan fingerprint density at radius 1 is 0.944 bits per heavy atom. The summed E-state index contributed by atoms with van der Waals surface area (Å²) in [5.41, 5.74) is 0. The molecule has 1 N–H and O–H groups in total. The number of nitrogens with zero attached hydrogens (tertiary/aromatic N) is 1. The van der Waals surface area contributed by atoms with Crippen LogP contribution in [0.2, 0.25) is 0 Å². The van der Waals surface area contributed by atoms with E-state index in [9.17, 15) is 0 Å². The Morgan fingerprint density at radius 3 is 2.44 bits per heavy atom. The average molecular weight is 248 g/mol. The standard InChI is InChI=1S/C16H28N2/c1-2-15-10-14(7-9-18(15)8-1)17-11-16(12-3-4-12)13-5-6-13/h12-17H,1-11H2. The van der Waals surface area contributed by atoms with E-state index in [-0.39, 0.29) is 0 Å². The molecule has 0 aromatic heterocycles. The Hall–Kier alpha value is -0.0800. The maximum absolute atomic E-state index is 3.95. The largest absolute Gasteiger partial charge is 0.314 e. The summed E-state index contributed by atoms with van der Waals surface area (Å²) in [5.74, 6) is 3.26. The van der Waals surface area contributed by atoms with Crippen LogP contribution >= 0.6 is 0 Å². The third-order valence-corrected chi connectivity index (χ3v) is 5.92. The summed E-state index contributed by atoms with van der Waals surface area (Å²) in [6, 6.07) is 1.76. The molecule has 2 saturated carbocycles. The lowest BCUT2D eigenvalue weighted by molar-refractivity contribution is 0.162. The third-order valence-electron chi connectivity index (χ3n) is 5.92. The van der Waals surface area contributed by atoms with Crippen molar-refractivity contribution in [3.8, 4) is 0 Å². The number of hydrogen-bond donors (Lipinski definition) is 1. The van der Waals surface area contributed by atoms with E-state index in [2.05, 4.69) is 10.2 Å². The minimum atomic E-state index is 0.837. The highest BCUT2D eigenvalue weighted by Gasteiger charge is 2.41. The molecule has 0 aromatic rings. The van der Waals surface area contributed by atoms with Gasteiger partial charge in [0, 0.05) is 12.1 Å². The first-order chi connectivity index (χ1) is 8.90. The van der Waals surface area contributed by atoms with Crippen LogP contribution in [-0.4, -0.2) is 36.6 Å². The minimum absolute atomic E-state index is 0.837. The van der Waals surface area contributed by atoms with Gasteiger partial charge in [-0.05, 0) is 88.8 Å². The van der Waals surface area contributed by atoms with Gasteiger partial charge in [-0.15, -0.1) is 0 Å². The summed E-state index contributed by atoms with van der Waals surface area (Å²) in [6.45, 7) is 4.08. The van der Waals surface area contributed by atoms with E-state index >= 15 is 0 Å². The Morgan fingerprint density at radius 2 is 1.72 bits per heavy atom. The first-order valence-electron chi connectivity index (χ1n) is 8.37. The predicted octanol–water partition coefficient (Wildman–Crippen LogP) is 2.64. The Balaban J connectivity index is 1.26. The van der Waals surface area contributed by atoms with Crippen molar-refractivity contribution in [2.24, 2.45) is 17.8 Å². The normalized spacial score (nSPS) is 37.2. The molecule has 2 heterocycles. The maximum atomic E-state index is 3.95. The molecule has 18 heavy (non-hydrogen) atoms. The van der Waals surface area contributed by atoms with Gasteiger partial charge in [0.2, 0.25) is 0 Å². The van der Waals surface area contributed by atoms with Gasteiger partial charge < -0.3 is 10.2 Å². The van der Waals surface area contributed by atoms with Gasteiger partial charge in [0.1, 0.15) is 0 Å². The summed E-state index contributed by atoms with van der Waals surface area (Å²) in [6.07, 6.45) is 11.9. The molecule has 0 aromatic carbocycles. The van der Waals surface area contributed by atoms with E-state index in [4.69, 9.17) is 0 Å². The van der Waals surface area contributed by atoms with Gasteiger partial charge in [-0.3, -0.25) is 0 Å². The molecule has 0 spiro atoms. The molecule has 4 aliphatic rings. The van der Waals surface area contributed by atoms with E-state index in [1.807, 2.05) is 0 Å². The first kappa shape index (κ1) is 11.7. The van der Waals surface area contributed by atoms with Gasteiger partial charge in [-0.1, -0.05) is 0 Å². The van der Waals surface area contributed by atoms with Gasteiger partial charge in [0.15, 0.2) is 0 Å². The van der Waals surface area contributed by atoms with Crippen LogP contribution in [0.5, 0.6) is 0 Å². The van der Waals surface area contributed by atoms with Crippen molar-refractivity contribution in [3.05, 3.63) is 0 Å². The van der Waals surface area contributed by atoms with Gasteiger partial charge >= 0.3 is 0 Å². The second-order valence-corrected chi connectivity index (χ2v) is 7.30. The van der Waals surface area contributed by atoms with Gasteiger partial charge in [-0.2, -0.15) is 0 Å². The summed E-state index contributed by atoms with van der Waals surface area (Å²) in [5, 5.41) is 3.95. The fourth-order valence-electron chi connectivity index (χ4n) is 4.48. The van der Waals surface area contributed by atoms with Crippen molar-refractivity contribution < 1.29 is 0 Å². The fraction of sp³-hybridized carbons (Fsp3) is 1.00. The Labute approximate surface area is 111 Å². The van der Waals surface area contributed by atoms with Gasteiger partial charge in [0.05, 0.1) is 0 Å². The molecule has 0 radical (unpaired) electrons. The van der Waals surface area contributed by atoms with Crippen LogP contribution in [0.15, 0.2) is 0 Å². The number of rotatable bonds is 5. The molecule has 2 heteroatoms. The lowest BCUT2D eigenvalue weighted by Gasteiger charge is -2.36. The van der Waals surface area contributed by atoms with E-state index in [1.165, 1.54) is 71.0 Å². The molecular weight excluding hydrogens is 220 g/mol. The quantitative estimate of drug-likeness (QED) is 0.804. The summed E-state index contributed by atoms with van der Waals surface area (Å²) in [4.78, 5) is 2.73. The third kappa shape index (κ3) is 2.46. The second-order valence-electron chi connectivity index (χ2n) is 7.30. The summed E-state index contributed by atoms with van der Waals surface area (Å²) < 4.78 is 0. The van der Waals surface area contributed by atoms with Crippen LogP contribution in [0, 0.1) is 17.8 Å². The molecule has 0 amide bonds. The molecule has 0 bridgehead atoms. The molecule has 2 aliphatic heterocycles. The number of hydrogen-bond acceptors (Lipinski definition) is 2. The molecular formula is C16H28N2. The minimum Gasteiger partial charge on any atom is -0.314 e. The molecule has 2 nitrogen and oxygen atoms in total. The second kappa shape index (κ2) is 4.79. The van der Waals surface area contributed by atoms with E-state index in [0.717, 1.165) is 29.8 Å². The van der Waals surface area contributed by atoms with Crippen molar-refractivity contribution >= 4 is 0 Å². The highest BCUT2D eigenvalue weighted by molar-refractivity contribution is 4.94. The van der Waals surface area contributed by atoms with Crippen molar-refractivity contribution in [2.75, 3.05) is 19.6 Å². The predicted molar refractivity (Wildman–Crippen MR) is 74.6 cm³/mol. The molecule has 102 valence electrons. The summed E-state index contributed by atoms with van der Waals surface area (Å²) >= 11 is 0. The van der Waals surface area contributed by atoms with Crippen LogP contribution in [0.4, 0.5) is 0 Å². The van der Waals surface area contributed by atoms with Crippen molar-refractivity contribution in [1.82, 2.24) is 10.2 Å². The molecule has 2 atom stereocenters. The van der Waals surface area contributed by atoms with Crippen LogP contribution in [-0.2, 0) is 0 Å². The SMILES string of the molecule is C1CC2CC(NCC(C3CC3)C3CC3)CCN2C1. The van der Waals surface area contributed by atoms with Crippen LogP contribution < -0.4 is 5.32 Å². The maximum Gasteiger partial charge on any atom is 0.0111 e. The number of piperidine rings is 1. The number of fused-ring (bicyclic) bond motifs is 1. The lowest BCUT2D eigenvalue weighted by Crippen LogP contribution is -2.47. The lowest BCUT2D eigenvalue weighted by atomic mass is 9.94. The zero-order chi connectivity index (χ0) is 11.9. The monoisotopic (exact) mass is 248 g/mol. The van der Waals surface area contributed by atoms with Crippen LogP contribution in [0.25, 0.3) is 0 Å². The highest BCUT2D eigenvalue weighted by atomic mass is 15.2. The van der Waals surface area contributed by atoms with Gasteiger partial charge in [0.25, 0.3) is 0 Å². The molecule has 2 aliphatic carbocycles. The number of nitrogens with one attached hydrogen (secondary N) is 1. The van der Waals surface area contributed by atoms with Gasteiger partial charge in [-0.25, -0.2) is 0 Å². The topological polar surface area (TPSA) is 15.3 Å². The fourth-order valence-corrected chi connectivity index (χ4v) is 4.48. The van der Waals surface area contributed by atoms with Crippen molar-refractivity contribution in [1.29, 1.82) is 0 Å². The molecule has 4 fully saturated rings. The molecule has 2 saturated heterocycles. The van der Waals surface area contributed by atoms with Crippen LogP contribution in [0.3, 0.4) is 0 Å². The average Bonchev–Trinajstić information content (AvgIpc) is 3.29. The van der Waals surface area contributed by atoms with Crippen molar-refractivity contribution in [2.45, 2.75) is 63.5 Å². The van der Waals surface area contributed by atoms with E-state index in [0.29, 0.717) is 0 Å². The van der Waals surface area contributed by atoms with Crippen LogP contribution in [0.1, 0.15) is 51.4 Å². The first-order valence-corrected chi connectivity index (χ1v) is 8.37. The van der Waals surface area contributed by atoms with Crippen molar-refractivity contribution in [3.63, 3.8) is 0 Å².